The number of carboxylic acid groups (broad SMARTS) is 1. The molecule has 0 aromatic heterocycles. The van der Waals surface area contributed by atoms with Gasteiger partial charge in [0.25, 0.3) is 0 Å². The molecule has 1 fully saturated rings. The number of aliphatic carboxylic acids is 1. The highest BCUT2D eigenvalue weighted by Gasteiger charge is 2.38. The Hall–Kier alpha value is -1.59. The predicted octanol–water partition coefficient (Wildman–Crippen LogP) is 0.566. The topological polar surface area (TPSA) is 77.9 Å². The van der Waals surface area contributed by atoms with Gasteiger partial charge in [-0.05, 0) is 20.8 Å². The van der Waals surface area contributed by atoms with Crippen molar-refractivity contribution in [2.75, 3.05) is 20.1 Å². The Morgan fingerprint density at radius 1 is 1.42 bits per heavy atom. The van der Waals surface area contributed by atoms with Crippen LogP contribution in [0.25, 0.3) is 0 Å². The van der Waals surface area contributed by atoms with E-state index in [0.29, 0.717) is 6.54 Å². The summed E-state index contributed by atoms with van der Waals surface area (Å²) in [6.07, 6.45) is 0.133. The van der Waals surface area contributed by atoms with Crippen LogP contribution in [0.3, 0.4) is 0 Å². The average Bonchev–Trinajstić information content (AvgIpc) is 2.57. The molecular formula is C13H22N2O4. The lowest BCUT2D eigenvalue weighted by molar-refractivity contribution is -0.143. The van der Waals surface area contributed by atoms with E-state index >= 15 is 0 Å². The molecule has 1 heterocycles. The molecule has 1 N–H and O–H groups in total. The van der Waals surface area contributed by atoms with Crippen LogP contribution < -0.4 is 0 Å². The Labute approximate surface area is 113 Å². The average molecular weight is 270 g/mol. The molecule has 1 aliphatic rings. The van der Waals surface area contributed by atoms with Gasteiger partial charge in [0.15, 0.2) is 0 Å². The Kier molecular flexibility index (Phi) is 4.55. The molecule has 1 unspecified atom stereocenters. The Bertz CT molecular complexity index is 387. The van der Waals surface area contributed by atoms with E-state index in [1.54, 1.807) is 16.8 Å². The normalized spacial score (nSPS) is 19.7. The molecule has 6 nitrogen and oxygen atoms in total. The van der Waals surface area contributed by atoms with Crippen molar-refractivity contribution in [2.24, 2.45) is 5.92 Å². The highest BCUT2D eigenvalue weighted by Crippen LogP contribution is 2.23. The van der Waals surface area contributed by atoms with Crippen LogP contribution in [0.4, 0.5) is 0 Å². The first-order valence-corrected chi connectivity index (χ1v) is 6.40. The largest absolute Gasteiger partial charge is 0.481 e. The molecule has 2 amide bonds. The van der Waals surface area contributed by atoms with Gasteiger partial charge in [-0.1, -0.05) is 0 Å². The number of carbonyl (C=O) groups excluding carboxylic acids is 2. The molecule has 1 aliphatic heterocycles. The van der Waals surface area contributed by atoms with Gasteiger partial charge in [-0.25, -0.2) is 0 Å². The minimum atomic E-state index is -0.929. The third-order valence-electron chi connectivity index (χ3n) is 3.32. The lowest BCUT2D eigenvalue weighted by atomic mass is 10.00. The standard InChI is InChI=1S/C13H22N2O4/c1-13(2,3)15(6-5-11(17)18)12(19)9-7-10(16)14(4)8-9/h9H,5-8H2,1-4H3,(H,17,18). The molecule has 0 saturated carbocycles. The third kappa shape index (κ3) is 3.94. The summed E-state index contributed by atoms with van der Waals surface area (Å²) < 4.78 is 0. The van der Waals surface area contributed by atoms with Crippen LogP contribution >= 0.6 is 0 Å². The summed E-state index contributed by atoms with van der Waals surface area (Å²) >= 11 is 0. The maximum Gasteiger partial charge on any atom is 0.305 e. The summed E-state index contributed by atoms with van der Waals surface area (Å²) in [5.74, 6) is -1.45. The number of amides is 2. The summed E-state index contributed by atoms with van der Waals surface area (Å²) in [5.41, 5.74) is -0.448. The van der Waals surface area contributed by atoms with E-state index in [2.05, 4.69) is 0 Å². The van der Waals surface area contributed by atoms with Crippen molar-refractivity contribution >= 4 is 17.8 Å². The van der Waals surface area contributed by atoms with Gasteiger partial charge in [0.05, 0.1) is 12.3 Å². The fourth-order valence-corrected chi connectivity index (χ4v) is 2.23. The van der Waals surface area contributed by atoms with Crippen molar-refractivity contribution in [3.8, 4) is 0 Å². The van der Waals surface area contributed by atoms with Crippen molar-refractivity contribution in [3.05, 3.63) is 0 Å². The van der Waals surface area contributed by atoms with Gasteiger partial charge in [0.1, 0.15) is 0 Å². The second-order valence-corrected chi connectivity index (χ2v) is 5.98. The number of hydrogen-bond acceptors (Lipinski definition) is 3. The zero-order valence-electron chi connectivity index (χ0n) is 12.0. The summed E-state index contributed by atoms with van der Waals surface area (Å²) in [4.78, 5) is 37.7. The molecule has 1 atom stereocenters. The van der Waals surface area contributed by atoms with Crippen LogP contribution in [0.5, 0.6) is 0 Å². The molecule has 19 heavy (non-hydrogen) atoms. The molecule has 0 radical (unpaired) electrons. The first kappa shape index (κ1) is 15.5. The molecule has 108 valence electrons. The van der Waals surface area contributed by atoms with Crippen molar-refractivity contribution in [3.63, 3.8) is 0 Å². The van der Waals surface area contributed by atoms with Gasteiger partial charge in [0.2, 0.25) is 11.8 Å². The summed E-state index contributed by atoms with van der Waals surface area (Å²) in [6, 6.07) is 0. The van der Waals surface area contributed by atoms with Gasteiger partial charge in [-0.2, -0.15) is 0 Å². The first-order valence-electron chi connectivity index (χ1n) is 6.40. The molecule has 1 rings (SSSR count). The lowest BCUT2D eigenvalue weighted by Crippen LogP contribution is -2.49. The van der Waals surface area contributed by atoms with Gasteiger partial charge in [-0.15, -0.1) is 0 Å². The molecule has 6 heteroatoms. The van der Waals surface area contributed by atoms with Gasteiger partial charge in [-0.3, -0.25) is 14.4 Å². The Balaban J connectivity index is 2.78. The highest BCUT2D eigenvalue weighted by atomic mass is 16.4. The second-order valence-electron chi connectivity index (χ2n) is 5.98. The lowest BCUT2D eigenvalue weighted by Gasteiger charge is -2.37. The second kappa shape index (κ2) is 5.59. The van der Waals surface area contributed by atoms with Gasteiger partial charge >= 0.3 is 5.97 Å². The van der Waals surface area contributed by atoms with Crippen LogP contribution in [-0.2, 0) is 14.4 Å². The Morgan fingerprint density at radius 3 is 2.37 bits per heavy atom. The predicted molar refractivity (Wildman–Crippen MR) is 69.5 cm³/mol. The zero-order valence-corrected chi connectivity index (χ0v) is 12.0. The third-order valence-corrected chi connectivity index (χ3v) is 3.32. The van der Waals surface area contributed by atoms with Crippen molar-refractivity contribution in [2.45, 2.75) is 39.2 Å². The summed E-state index contributed by atoms with van der Waals surface area (Å²) in [5, 5.41) is 8.76. The molecule has 1 saturated heterocycles. The van der Waals surface area contributed by atoms with Crippen molar-refractivity contribution in [1.29, 1.82) is 0 Å². The van der Waals surface area contributed by atoms with Crippen LogP contribution in [0.15, 0.2) is 0 Å². The van der Waals surface area contributed by atoms with E-state index < -0.39 is 11.5 Å². The number of rotatable bonds is 4. The van der Waals surface area contributed by atoms with E-state index in [4.69, 9.17) is 5.11 Å². The molecule has 0 aromatic rings. The molecule has 0 spiro atoms. The van der Waals surface area contributed by atoms with E-state index in [9.17, 15) is 14.4 Å². The highest BCUT2D eigenvalue weighted by molar-refractivity contribution is 5.89. The minimum absolute atomic E-state index is 0.0366. The fraction of sp³-hybridized carbons (Fsp3) is 0.769. The summed E-state index contributed by atoms with van der Waals surface area (Å²) in [6.45, 7) is 6.19. The van der Waals surface area contributed by atoms with Gasteiger partial charge in [0, 0.05) is 32.1 Å². The van der Waals surface area contributed by atoms with Crippen LogP contribution in [0, 0.1) is 5.92 Å². The molecule has 0 aliphatic carbocycles. The zero-order chi connectivity index (χ0) is 14.8. The maximum atomic E-state index is 12.4. The number of nitrogens with zero attached hydrogens (tertiary/aromatic N) is 2. The van der Waals surface area contributed by atoms with Gasteiger partial charge < -0.3 is 14.9 Å². The summed E-state index contributed by atoms with van der Waals surface area (Å²) in [7, 11) is 1.67. The van der Waals surface area contributed by atoms with E-state index in [1.165, 1.54) is 0 Å². The molecule has 0 bridgehead atoms. The smallest absolute Gasteiger partial charge is 0.305 e. The van der Waals surface area contributed by atoms with Crippen LogP contribution in [0.1, 0.15) is 33.6 Å². The first-order chi connectivity index (χ1) is 8.62. The fourth-order valence-electron chi connectivity index (χ4n) is 2.23. The van der Waals surface area contributed by atoms with Crippen LogP contribution in [-0.4, -0.2) is 58.4 Å². The molecular weight excluding hydrogens is 248 g/mol. The number of hydrogen-bond donors (Lipinski definition) is 1. The van der Waals surface area contributed by atoms with Crippen LogP contribution in [0.2, 0.25) is 0 Å². The quantitative estimate of drug-likeness (QED) is 0.810. The van der Waals surface area contributed by atoms with E-state index in [-0.39, 0.29) is 37.1 Å². The minimum Gasteiger partial charge on any atom is -0.481 e. The van der Waals surface area contributed by atoms with E-state index in [0.717, 1.165) is 0 Å². The van der Waals surface area contributed by atoms with E-state index in [1.807, 2.05) is 20.8 Å². The number of likely N-dealkylation sites (tertiary alicyclic amines) is 1. The van der Waals surface area contributed by atoms with Crippen molar-refractivity contribution in [1.82, 2.24) is 9.80 Å². The maximum absolute atomic E-state index is 12.4. The van der Waals surface area contributed by atoms with Crippen molar-refractivity contribution < 1.29 is 19.5 Å². The Morgan fingerprint density at radius 2 is 2.00 bits per heavy atom. The number of carbonyl (C=O) groups is 3. The molecule has 0 aromatic carbocycles. The monoisotopic (exact) mass is 270 g/mol. The SMILES string of the molecule is CN1CC(C(=O)N(CCC(=O)O)C(C)(C)C)CC1=O. The number of carboxylic acids is 1.